The molecule has 0 aromatic carbocycles. The molecule has 0 unspecified atom stereocenters. The van der Waals surface area contributed by atoms with E-state index in [1.54, 1.807) is 12.2 Å². The minimum atomic E-state index is -1.24. The van der Waals surface area contributed by atoms with Gasteiger partial charge in [0.2, 0.25) is 0 Å². The van der Waals surface area contributed by atoms with E-state index in [4.69, 9.17) is 10.2 Å². The first-order valence-electron chi connectivity index (χ1n) is 3.33. The molecule has 0 amide bonds. The van der Waals surface area contributed by atoms with Gasteiger partial charge in [-0.15, -0.1) is 0 Å². The predicted molar refractivity (Wildman–Crippen MR) is 49.4 cm³/mol. The highest BCUT2D eigenvalue weighted by atomic mass is 16.4. The molecule has 0 radical (unpaired) electrons. The molecule has 0 aromatic rings. The number of carbonyl (C=O) groups is 2. The summed E-state index contributed by atoms with van der Waals surface area (Å²) in [5.74, 6) is -2.45. The van der Waals surface area contributed by atoms with Crippen LogP contribution in [0.4, 0.5) is 0 Å². The van der Waals surface area contributed by atoms with Gasteiger partial charge in [0.25, 0.3) is 0 Å². The van der Waals surface area contributed by atoms with E-state index < -0.39 is 11.9 Å². The standard InChI is InChI=1S/C5H6O4.C4H6/c1-3(5(8)9)2-4(6)7;1-3-4-2/h2H,1H3,(H,6,7)(H,8,9);3-4H,1-2H2/b3-2+;. The summed E-state index contributed by atoms with van der Waals surface area (Å²) in [6, 6.07) is 0. The number of hydrogen-bond donors (Lipinski definition) is 2. The molecular formula is C9H12O4. The molecule has 0 heterocycles. The van der Waals surface area contributed by atoms with E-state index in [1.807, 2.05) is 0 Å². The Balaban J connectivity index is 0. The number of hydrogen-bond acceptors (Lipinski definition) is 2. The van der Waals surface area contributed by atoms with E-state index in [0.29, 0.717) is 6.08 Å². The minimum Gasteiger partial charge on any atom is -0.478 e. The van der Waals surface area contributed by atoms with Crippen molar-refractivity contribution >= 4 is 11.9 Å². The second kappa shape index (κ2) is 8.26. The fraction of sp³-hybridized carbons (Fsp3) is 0.111. The van der Waals surface area contributed by atoms with Crippen LogP contribution in [0, 0.1) is 0 Å². The van der Waals surface area contributed by atoms with Crippen molar-refractivity contribution in [1.82, 2.24) is 0 Å². The van der Waals surface area contributed by atoms with Crippen molar-refractivity contribution < 1.29 is 19.8 Å². The van der Waals surface area contributed by atoms with Gasteiger partial charge in [-0.05, 0) is 6.92 Å². The topological polar surface area (TPSA) is 74.6 Å². The summed E-state index contributed by atoms with van der Waals surface area (Å²) in [7, 11) is 0. The zero-order valence-electron chi connectivity index (χ0n) is 7.36. The minimum absolute atomic E-state index is 0.178. The Kier molecular flexibility index (Phi) is 8.72. The Labute approximate surface area is 76.5 Å². The molecule has 0 aliphatic carbocycles. The van der Waals surface area contributed by atoms with Crippen LogP contribution in [0.25, 0.3) is 0 Å². The highest BCUT2D eigenvalue weighted by Crippen LogP contribution is 1.89. The first-order chi connectivity index (χ1) is 5.95. The van der Waals surface area contributed by atoms with E-state index in [2.05, 4.69) is 13.2 Å². The number of allylic oxidation sites excluding steroid dienone is 2. The van der Waals surface area contributed by atoms with Crippen LogP contribution < -0.4 is 0 Å². The van der Waals surface area contributed by atoms with Gasteiger partial charge in [0.05, 0.1) is 0 Å². The molecule has 0 saturated heterocycles. The maximum atomic E-state index is 9.90. The quantitative estimate of drug-likeness (QED) is 0.514. The van der Waals surface area contributed by atoms with Gasteiger partial charge in [0, 0.05) is 11.6 Å². The molecule has 0 atom stereocenters. The van der Waals surface area contributed by atoms with Crippen LogP contribution in [-0.4, -0.2) is 22.2 Å². The van der Waals surface area contributed by atoms with Crippen molar-refractivity contribution in [2.75, 3.05) is 0 Å². The fourth-order valence-corrected chi connectivity index (χ4v) is 0.247. The lowest BCUT2D eigenvalue weighted by Crippen LogP contribution is -1.99. The normalized spacial score (nSPS) is 9.15. The number of carboxylic acid groups (broad SMARTS) is 2. The molecule has 0 aromatic heterocycles. The smallest absolute Gasteiger partial charge is 0.331 e. The molecule has 0 aliphatic rings. The van der Waals surface area contributed by atoms with Gasteiger partial charge in [0.1, 0.15) is 0 Å². The summed E-state index contributed by atoms with van der Waals surface area (Å²) in [6.07, 6.45) is 3.92. The van der Waals surface area contributed by atoms with Crippen molar-refractivity contribution in [3.05, 3.63) is 37.0 Å². The van der Waals surface area contributed by atoms with Gasteiger partial charge >= 0.3 is 11.9 Å². The number of rotatable bonds is 3. The zero-order chi connectivity index (χ0) is 10.9. The summed E-state index contributed by atoms with van der Waals surface area (Å²) < 4.78 is 0. The van der Waals surface area contributed by atoms with Crippen LogP contribution in [0.3, 0.4) is 0 Å². The van der Waals surface area contributed by atoms with E-state index in [0.717, 1.165) is 0 Å². The third-order valence-electron chi connectivity index (χ3n) is 0.844. The van der Waals surface area contributed by atoms with Gasteiger partial charge in [-0.2, -0.15) is 0 Å². The van der Waals surface area contributed by atoms with Crippen LogP contribution in [0.5, 0.6) is 0 Å². The van der Waals surface area contributed by atoms with Gasteiger partial charge in [-0.1, -0.05) is 25.3 Å². The number of carboxylic acids is 2. The fourth-order valence-electron chi connectivity index (χ4n) is 0.247. The van der Waals surface area contributed by atoms with Crippen LogP contribution in [0.15, 0.2) is 37.0 Å². The Morgan fingerprint density at radius 1 is 1.15 bits per heavy atom. The molecule has 13 heavy (non-hydrogen) atoms. The summed E-state index contributed by atoms with van der Waals surface area (Å²) in [5, 5.41) is 16.1. The van der Waals surface area contributed by atoms with Gasteiger partial charge in [0.15, 0.2) is 0 Å². The lowest BCUT2D eigenvalue weighted by atomic mass is 10.3. The molecule has 4 nitrogen and oxygen atoms in total. The van der Waals surface area contributed by atoms with Crippen molar-refractivity contribution in [3.8, 4) is 0 Å². The average Bonchev–Trinajstić information content (AvgIpc) is 2.03. The maximum absolute atomic E-state index is 9.90. The molecule has 0 aliphatic heterocycles. The lowest BCUT2D eigenvalue weighted by Gasteiger charge is -1.86. The Morgan fingerprint density at radius 3 is 1.62 bits per heavy atom. The highest BCUT2D eigenvalue weighted by Gasteiger charge is 2.00. The Hall–Kier alpha value is -1.84. The van der Waals surface area contributed by atoms with Gasteiger partial charge < -0.3 is 10.2 Å². The summed E-state index contributed by atoms with van der Waals surface area (Å²) in [4.78, 5) is 19.7. The molecule has 0 fully saturated rings. The maximum Gasteiger partial charge on any atom is 0.331 e. The van der Waals surface area contributed by atoms with E-state index in [1.165, 1.54) is 6.92 Å². The van der Waals surface area contributed by atoms with Crippen LogP contribution in [0.2, 0.25) is 0 Å². The largest absolute Gasteiger partial charge is 0.478 e. The third kappa shape index (κ3) is 13.2. The van der Waals surface area contributed by atoms with Crippen LogP contribution in [-0.2, 0) is 9.59 Å². The molecule has 72 valence electrons. The average molecular weight is 184 g/mol. The molecule has 0 rings (SSSR count). The summed E-state index contributed by atoms with van der Waals surface area (Å²) >= 11 is 0. The molecular weight excluding hydrogens is 172 g/mol. The van der Waals surface area contributed by atoms with Crippen molar-refractivity contribution in [2.24, 2.45) is 0 Å². The van der Waals surface area contributed by atoms with E-state index in [9.17, 15) is 9.59 Å². The van der Waals surface area contributed by atoms with E-state index >= 15 is 0 Å². The highest BCUT2D eigenvalue weighted by molar-refractivity contribution is 5.93. The zero-order valence-corrected chi connectivity index (χ0v) is 7.36. The molecule has 2 N–H and O–H groups in total. The molecule has 0 saturated carbocycles. The van der Waals surface area contributed by atoms with Crippen molar-refractivity contribution in [2.45, 2.75) is 6.92 Å². The molecule has 4 heteroatoms. The Morgan fingerprint density at radius 2 is 1.54 bits per heavy atom. The second-order valence-corrected chi connectivity index (χ2v) is 1.94. The SMILES string of the molecule is C/C(=C\C(=O)O)C(=O)O.C=CC=C. The van der Waals surface area contributed by atoms with Gasteiger partial charge in [-0.3, -0.25) is 0 Å². The van der Waals surface area contributed by atoms with E-state index in [-0.39, 0.29) is 5.57 Å². The van der Waals surface area contributed by atoms with Crippen LogP contribution in [0.1, 0.15) is 6.92 Å². The monoisotopic (exact) mass is 184 g/mol. The summed E-state index contributed by atoms with van der Waals surface area (Å²) in [6.45, 7) is 7.94. The first-order valence-corrected chi connectivity index (χ1v) is 3.33. The summed E-state index contributed by atoms with van der Waals surface area (Å²) in [5.41, 5.74) is -0.178. The number of aliphatic carboxylic acids is 2. The molecule has 0 bridgehead atoms. The van der Waals surface area contributed by atoms with Crippen molar-refractivity contribution in [3.63, 3.8) is 0 Å². The van der Waals surface area contributed by atoms with Crippen molar-refractivity contribution in [1.29, 1.82) is 0 Å². The van der Waals surface area contributed by atoms with Crippen LogP contribution >= 0.6 is 0 Å². The molecule has 0 spiro atoms. The predicted octanol–water partition coefficient (Wildman–Crippen LogP) is 1.46. The first kappa shape index (κ1) is 13.7. The lowest BCUT2D eigenvalue weighted by molar-refractivity contribution is -0.135. The second-order valence-electron chi connectivity index (χ2n) is 1.94. The third-order valence-corrected chi connectivity index (χ3v) is 0.844. The van der Waals surface area contributed by atoms with Gasteiger partial charge in [-0.25, -0.2) is 9.59 Å². The Bertz CT molecular complexity index is 232.